The molecule has 6 nitrogen and oxygen atoms in total. The van der Waals surface area contributed by atoms with Gasteiger partial charge in [0.1, 0.15) is 11.5 Å². The molecule has 0 aromatic heterocycles. The number of para-hydroxylation sites is 1. The first-order valence-corrected chi connectivity index (χ1v) is 10.3. The van der Waals surface area contributed by atoms with E-state index >= 15 is 0 Å². The summed E-state index contributed by atoms with van der Waals surface area (Å²) in [5, 5.41) is 0.774. The zero-order chi connectivity index (χ0) is 20.2. The van der Waals surface area contributed by atoms with Crippen LogP contribution in [0.2, 0.25) is 0 Å². The lowest BCUT2D eigenvalue weighted by molar-refractivity contribution is -0.113. The number of methoxy groups -OCH3 is 2. The number of hydrogen-bond donors (Lipinski definition) is 0. The minimum absolute atomic E-state index is 0.208. The van der Waals surface area contributed by atoms with Crippen LogP contribution in [0.5, 0.6) is 11.5 Å². The molecule has 2 aromatic rings. The third kappa shape index (κ3) is 4.24. The first-order chi connectivity index (χ1) is 14.2. The number of amidine groups is 1. The van der Waals surface area contributed by atoms with Crippen LogP contribution < -0.4 is 14.4 Å². The highest BCUT2D eigenvalue weighted by atomic mass is 32.2. The highest BCUT2D eigenvalue weighted by molar-refractivity contribution is 8.18. The van der Waals surface area contributed by atoms with Crippen molar-refractivity contribution in [3.8, 4) is 11.5 Å². The van der Waals surface area contributed by atoms with Gasteiger partial charge in [0.25, 0.3) is 5.91 Å². The highest BCUT2D eigenvalue weighted by Gasteiger charge is 2.28. The maximum absolute atomic E-state index is 12.5. The number of piperazine rings is 1. The molecule has 0 aliphatic carbocycles. The van der Waals surface area contributed by atoms with Crippen molar-refractivity contribution in [2.24, 2.45) is 4.99 Å². The van der Waals surface area contributed by atoms with Crippen LogP contribution in [0.3, 0.4) is 0 Å². The van der Waals surface area contributed by atoms with Crippen molar-refractivity contribution in [1.29, 1.82) is 0 Å². The Balaban J connectivity index is 1.45. The average Bonchev–Trinajstić information content (AvgIpc) is 3.14. The van der Waals surface area contributed by atoms with Crippen LogP contribution in [0.25, 0.3) is 6.08 Å². The van der Waals surface area contributed by atoms with Crippen molar-refractivity contribution in [2.45, 2.75) is 0 Å². The summed E-state index contributed by atoms with van der Waals surface area (Å²) in [5.74, 6) is 1.20. The van der Waals surface area contributed by atoms with Crippen molar-refractivity contribution in [3.63, 3.8) is 0 Å². The van der Waals surface area contributed by atoms with Gasteiger partial charge in [0.15, 0.2) is 5.17 Å². The summed E-state index contributed by atoms with van der Waals surface area (Å²) < 4.78 is 10.7. The van der Waals surface area contributed by atoms with Gasteiger partial charge in [0.05, 0.1) is 19.1 Å². The molecule has 7 heteroatoms. The molecule has 2 aliphatic heterocycles. The molecule has 1 saturated heterocycles. The fourth-order valence-corrected chi connectivity index (χ4v) is 4.38. The lowest BCUT2D eigenvalue weighted by Crippen LogP contribution is -2.47. The molecule has 0 saturated carbocycles. The van der Waals surface area contributed by atoms with E-state index in [0.29, 0.717) is 16.4 Å². The Morgan fingerprint density at radius 2 is 1.69 bits per heavy atom. The minimum atomic E-state index is -0.208. The van der Waals surface area contributed by atoms with Crippen LogP contribution in [0, 0.1) is 0 Å². The molecule has 0 N–H and O–H groups in total. The fourth-order valence-electron chi connectivity index (χ4n) is 3.42. The molecular formula is C22H23N3O3S. The van der Waals surface area contributed by atoms with E-state index in [2.05, 4.69) is 39.1 Å². The number of carbonyl (C=O) groups is 1. The van der Waals surface area contributed by atoms with Crippen LogP contribution in [0.4, 0.5) is 5.69 Å². The van der Waals surface area contributed by atoms with Gasteiger partial charge in [-0.15, -0.1) is 0 Å². The monoisotopic (exact) mass is 409 g/mol. The van der Waals surface area contributed by atoms with Crippen LogP contribution in [-0.4, -0.2) is 56.4 Å². The second-order valence-corrected chi connectivity index (χ2v) is 7.74. The second kappa shape index (κ2) is 8.61. The van der Waals surface area contributed by atoms with E-state index < -0.39 is 0 Å². The Morgan fingerprint density at radius 1 is 0.966 bits per heavy atom. The molecule has 2 aromatic carbocycles. The van der Waals surface area contributed by atoms with Gasteiger partial charge in [-0.25, -0.2) is 0 Å². The minimum Gasteiger partial charge on any atom is -0.497 e. The Hall–Kier alpha value is -2.93. The zero-order valence-electron chi connectivity index (χ0n) is 16.5. The molecule has 0 radical (unpaired) electrons. The quantitative estimate of drug-likeness (QED) is 0.721. The molecule has 0 unspecified atom stereocenters. The topological polar surface area (TPSA) is 54.4 Å². The standard InChI is InChI=1S/C22H23N3O3S/c1-27-18-8-9-19(28-2)16(14-18)15-20-21(26)23-22(29-20)25-12-10-24(11-13-25)17-6-4-3-5-7-17/h3-9,14-15H,10-13H2,1-2H3/b20-15+. The van der Waals surface area contributed by atoms with Gasteiger partial charge < -0.3 is 19.3 Å². The molecule has 150 valence electrons. The van der Waals surface area contributed by atoms with E-state index in [0.717, 1.165) is 36.9 Å². The maximum Gasteiger partial charge on any atom is 0.286 e. The van der Waals surface area contributed by atoms with E-state index in [1.807, 2.05) is 30.3 Å². The lowest BCUT2D eigenvalue weighted by Gasteiger charge is -2.36. The molecule has 2 aliphatic rings. The summed E-state index contributed by atoms with van der Waals surface area (Å²) in [6.07, 6.45) is 1.82. The van der Waals surface area contributed by atoms with Gasteiger partial charge in [-0.05, 0) is 48.2 Å². The number of nitrogens with zero attached hydrogens (tertiary/aromatic N) is 3. The number of hydrogen-bond acceptors (Lipinski definition) is 6. The first-order valence-electron chi connectivity index (χ1n) is 9.47. The van der Waals surface area contributed by atoms with E-state index in [4.69, 9.17) is 9.47 Å². The normalized spacial score (nSPS) is 18.2. The van der Waals surface area contributed by atoms with Crippen LogP contribution >= 0.6 is 11.8 Å². The molecule has 4 rings (SSSR count). The SMILES string of the molecule is COc1ccc(OC)c(/C=C2/SC(N3CCN(c4ccccc4)CC3)=NC2=O)c1. The molecule has 2 heterocycles. The summed E-state index contributed by atoms with van der Waals surface area (Å²) >= 11 is 1.42. The second-order valence-electron chi connectivity index (χ2n) is 6.73. The Bertz CT molecular complexity index is 951. The Kier molecular flexibility index (Phi) is 5.76. The summed E-state index contributed by atoms with van der Waals surface area (Å²) in [6.45, 7) is 3.48. The van der Waals surface area contributed by atoms with E-state index in [-0.39, 0.29) is 5.91 Å². The summed E-state index contributed by atoms with van der Waals surface area (Å²) in [6, 6.07) is 15.9. The summed E-state index contributed by atoms with van der Waals surface area (Å²) in [7, 11) is 3.23. The third-order valence-corrected chi connectivity index (χ3v) is 6.05. The van der Waals surface area contributed by atoms with Crippen molar-refractivity contribution in [1.82, 2.24) is 4.90 Å². The zero-order valence-corrected chi connectivity index (χ0v) is 17.3. The number of rotatable bonds is 4. The predicted octanol–water partition coefficient (Wildman–Crippen LogP) is 3.50. The summed E-state index contributed by atoms with van der Waals surface area (Å²) in [4.78, 5) is 21.9. The van der Waals surface area contributed by atoms with Crippen molar-refractivity contribution >= 4 is 34.6 Å². The molecule has 0 bridgehead atoms. The Morgan fingerprint density at radius 3 is 2.38 bits per heavy atom. The van der Waals surface area contributed by atoms with Crippen LogP contribution in [-0.2, 0) is 4.79 Å². The summed E-state index contributed by atoms with van der Waals surface area (Å²) in [5.41, 5.74) is 2.03. The smallest absolute Gasteiger partial charge is 0.286 e. The van der Waals surface area contributed by atoms with E-state index in [1.54, 1.807) is 14.2 Å². The van der Waals surface area contributed by atoms with Gasteiger partial charge >= 0.3 is 0 Å². The lowest BCUT2D eigenvalue weighted by atomic mass is 10.1. The van der Waals surface area contributed by atoms with Gasteiger partial charge in [-0.2, -0.15) is 4.99 Å². The van der Waals surface area contributed by atoms with E-state index in [1.165, 1.54) is 17.4 Å². The Labute approximate surface area is 174 Å². The number of carbonyl (C=O) groups excluding carboxylic acids is 1. The fraction of sp³-hybridized carbons (Fsp3) is 0.273. The molecule has 1 fully saturated rings. The number of aliphatic imine (C=N–C) groups is 1. The van der Waals surface area contributed by atoms with Gasteiger partial charge in [-0.3, -0.25) is 4.79 Å². The van der Waals surface area contributed by atoms with Crippen molar-refractivity contribution < 1.29 is 14.3 Å². The molecule has 0 spiro atoms. The molecular weight excluding hydrogens is 386 g/mol. The van der Waals surface area contributed by atoms with Crippen molar-refractivity contribution in [3.05, 3.63) is 59.0 Å². The predicted molar refractivity (Wildman–Crippen MR) is 118 cm³/mol. The number of ether oxygens (including phenoxy) is 2. The van der Waals surface area contributed by atoms with Crippen LogP contribution in [0.15, 0.2) is 58.4 Å². The van der Waals surface area contributed by atoms with Gasteiger partial charge in [0, 0.05) is 37.4 Å². The highest BCUT2D eigenvalue weighted by Crippen LogP contribution is 2.34. The number of anilines is 1. The maximum atomic E-state index is 12.5. The van der Waals surface area contributed by atoms with E-state index in [9.17, 15) is 4.79 Å². The average molecular weight is 410 g/mol. The van der Waals surface area contributed by atoms with Crippen LogP contribution in [0.1, 0.15) is 5.56 Å². The number of amides is 1. The third-order valence-electron chi connectivity index (χ3n) is 5.00. The van der Waals surface area contributed by atoms with Crippen molar-refractivity contribution in [2.75, 3.05) is 45.3 Å². The molecule has 0 atom stereocenters. The molecule has 29 heavy (non-hydrogen) atoms. The van der Waals surface area contributed by atoms with Gasteiger partial charge in [-0.1, -0.05) is 18.2 Å². The van der Waals surface area contributed by atoms with Gasteiger partial charge in [0.2, 0.25) is 0 Å². The largest absolute Gasteiger partial charge is 0.497 e. The number of thioether (sulfide) groups is 1. The number of benzene rings is 2. The molecule has 1 amide bonds. The first kappa shape index (κ1) is 19.4.